The normalized spacial score (nSPS) is 23.2. The van der Waals surface area contributed by atoms with Crippen LogP contribution in [0.2, 0.25) is 5.02 Å². The third-order valence-electron chi connectivity index (χ3n) is 4.01. The van der Waals surface area contributed by atoms with Crippen LogP contribution in [-0.4, -0.2) is 36.4 Å². The number of carboxylic acid groups (broad SMARTS) is 1. The Balaban J connectivity index is 2.57. The molecule has 24 heavy (non-hydrogen) atoms. The minimum atomic E-state index is -4.90. The van der Waals surface area contributed by atoms with Crippen LogP contribution in [0.15, 0.2) is 23.1 Å². The zero-order chi connectivity index (χ0) is 18.3. The Kier molecular flexibility index (Phi) is 5.17. The molecule has 134 valence electrons. The predicted octanol–water partition coefficient (Wildman–Crippen LogP) is 3.23. The van der Waals surface area contributed by atoms with Gasteiger partial charge < -0.3 is 5.11 Å². The molecule has 2 unspecified atom stereocenters. The van der Waals surface area contributed by atoms with Gasteiger partial charge in [-0.1, -0.05) is 17.7 Å². The summed E-state index contributed by atoms with van der Waals surface area (Å²) < 4.78 is 66.0. The topological polar surface area (TPSA) is 74.7 Å². The fraction of sp³-hybridized carbons (Fsp3) is 0.500. The largest absolute Gasteiger partial charge is 0.481 e. The third-order valence-corrected chi connectivity index (χ3v) is 6.52. The molecule has 1 saturated heterocycles. The first-order valence-corrected chi connectivity index (χ1v) is 8.88. The highest BCUT2D eigenvalue weighted by molar-refractivity contribution is 7.89. The molecular weight excluding hydrogens is 371 g/mol. The number of alkyl halides is 3. The summed E-state index contributed by atoms with van der Waals surface area (Å²) in [6, 6.07) is 2.10. The molecule has 1 aliphatic heterocycles. The molecule has 1 fully saturated rings. The van der Waals surface area contributed by atoms with Crippen LogP contribution >= 0.6 is 11.6 Å². The molecular formula is C14H15ClF3NO4S. The number of benzene rings is 1. The van der Waals surface area contributed by atoms with Crippen LogP contribution in [0.1, 0.15) is 25.3 Å². The lowest BCUT2D eigenvalue weighted by atomic mass is 9.96. The first kappa shape index (κ1) is 19.0. The summed E-state index contributed by atoms with van der Waals surface area (Å²) >= 11 is 5.76. The Hall–Kier alpha value is -1.32. The van der Waals surface area contributed by atoms with Crippen molar-refractivity contribution in [3.63, 3.8) is 0 Å². The molecule has 10 heteroatoms. The lowest BCUT2D eigenvalue weighted by Gasteiger charge is -2.36. The Morgan fingerprint density at radius 2 is 1.96 bits per heavy atom. The Morgan fingerprint density at radius 1 is 1.33 bits per heavy atom. The number of aliphatic carboxylic acids is 1. The van der Waals surface area contributed by atoms with Crippen molar-refractivity contribution >= 4 is 27.6 Å². The minimum Gasteiger partial charge on any atom is -0.481 e. The standard InChI is InChI=1S/C14H15ClF3NO4S/c1-8-5-6-9(13(20)21)7-19(8)24(22,23)12-10(14(16,17)18)3-2-4-11(12)15/h2-4,8-9H,5-7H2,1H3,(H,20,21). The van der Waals surface area contributed by atoms with Crippen LogP contribution in [0.5, 0.6) is 0 Å². The van der Waals surface area contributed by atoms with Crippen LogP contribution in [0.3, 0.4) is 0 Å². The Labute approximate surface area is 142 Å². The van der Waals surface area contributed by atoms with Crippen molar-refractivity contribution in [1.29, 1.82) is 0 Å². The quantitative estimate of drug-likeness (QED) is 0.866. The molecule has 5 nitrogen and oxygen atoms in total. The summed E-state index contributed by atoms with van der Waals surface area (Å²) in [6.07, 6.45) is -4.41. The maximum atomic E-state index is 13.2. The smallest absolute Gasteiger partial charge is 0.417 e. The lowest BCUT2D eigenvalue weighted by molar-refractivity contribution is -0.143. The second-order valence-electron chi connectivity index (χ2n) is 5.65. The van der Waals surface area contributed by atoms with Crippen molar-refractivity contribution in [2.75, 3.05) is 6.54 Å². The Bertz CT molecular complexity index is 751. The molecule has 1 aromatic carbocycles. The second kappa shape index (κ2) is 6.53. The van der Waals surface area contributed by atoms with Crippen molar-refractivity contribution in [2.24, 2.45) is 5.92 Å². The van der Waals surface area contributed by atoms with Crippen molar-refractivity contribution < 1.29 is 31.5 Å². The van der Waals surface area contributed by atoms with Crippen molar-refractivity contribution in [1.82, 2.24) is 4.31 Å². The number of sulfonamides is 1. The van der Waals surface area contributed by atoms with Gasteiger partial charge in [-0.05, 0) is 31.9 Å². The zero-order valence-corrected chi connectivity index (χ0v) is 14.1. The lowest BCUT2D eigenvalue weighted by Crippen LogP contribution is -2.47. The van der Waals surface area contributed by atoms with E-state index in [4.69, 9.17) is 16.7 Å². The van der Waals surface area contributed by atoms with Gasteiger partial charge in [0, 0.05) is 12.6 Å². The molecule has 0 spiro atoms. The predicted molar refractivity (Wildman–Crippen MR) is 80.2 cm³/mol. The van der Waals surface area contributed by atoms with E-state index in [1.54, 1.807) is 0 Å². The summed E-state index contributed by atoms with van der Waals surface area (Å²) in [5, 5.41) is 8.54. The number of hydrogen-bond acceptors (Lipinski definition) is 3. The highest BCUT2D eigenvalue weighted by atomic mass is 35.5. The van der Waals surface area contributed by atoms with Gasteiger partial charge in [0.05, 0.1) is 16.5 Å². The van der Waals surface area contributed by atoms with Gasteiger partial charge in [-0.15, -0.1) is 0 Å². The molecule has 0 aliphatic carbocycles. The van der Waals surface area contributed by atoms with Crippen molar-refractivity contribution in [3.05, 3.63) is 28.8 Å². The molecule has 1 aliphatic rings. The van der Waals surface area contributed by atoms with Crippen LogP contribution in [0.25, 0.3) is 0 Å². The van der Waals surface area contributed by atoms with Gasteiger partial charge in [-0.2, -0.15) is 17.5 Å². The van der Waals surface area contributed by atoms with Crippen LogP contribution < -0.4 is 0 Å². The van der Waals surface area contributed by atoms with Gasteiger partial charge in [0.2, 0.25) is 10.0 Å². The van der Waals surface area contributed by atoms with E-state index in [2.05, 4.69) is 0 Å². The monoisotopic (exact) mass is 385 g/mol. The number of carbonyl (C=O) groups is 1. The number of piperidine rings is 1. The highest BCUT2D eigenvalue weighted by Crippen LogP contribution is 2.40. The fourth-order valence-electron chi connectivity index (χ4n) is 2.72. The molecule has 2 rings (SSSR count). The third kappa shape index (κ3) is 3.52. The molecule has 1 aromatic rings. The van der Waals surface area contributed by atoms with Crippen LogP contribution in [-0.2, 0) is 21.0 Å². The molecule has 0 bridgehead atoms. The van der Waals surface area contributed by atoms with E-state index in [0.29, 0.717) is 6.07 Å². The summed E-state index contributed by atoms with van der Waals surface area (Å²) in [6.45, 7) is 1.14. The summed E-state index contributed by atoms with van der Waals surface area (Å²) in [7, 11) is -4.60. The van der Waals surface area contributed by atoms with E-state index in [1.165, 1.54) is 6.92 Å². The molecule has 0 amide bonds. The number of nitrogens with zero attached hydrogens (tertiary/aromatic N) is 1. The van der Waals surface area contributed by atoms with E-state index in [1.807, 2.05) is 0 Å². The van der Waals surface area contributed by atoms with Crippen LogP contribution in [0.4, 0.5) is 13.2 Å². The molecule has 1 heterocycles. The SMILES string of the molecule is CC1CCC(C(=O)O)CN1S(=O)(=O)c1c(Cl)cccc1C(F)(F)F. The minimum absolute atomic E-state index is 0.238. The zero-order valence-electron chi connectivity index (χ0n) is 12.5. The molecule has 0 aromatic heterocycles. The first-order chi connectivity index (χ1) is 11.0. The molecule has 0 saturated carbocycles. The van der Waals surface area contributed by atoms with Crippen molar-refractivity contribution in [2.45, 2.75) is 36.9 Å². The van der Waals surface area contributed by atoms with Gasteiger partial charge in [-0.3, -0.25) is 4.79 Å². The van der Waals surface area contributed by atoms with Gasteiger partial charge in [0.1, 0.15) is 4.90 Å². The summed E-state index contributed by atoms with van der Waals surface area (Å²) in [5.74, 6) is -2.15. The van der Waals surface area contributed by atoms with E-state index in [0.717, 1.165) is 16.4 Å². The first-order valence-electron chi connectivity index (χ1n) is 7.06. The average Bonchev–Trinajstić information content (AvgIpc) is 2.45. The average molecular weight is 386 g/mol. The molecule has 2 atom stereocenters. The Morgan fingerprint density at radius 3 is 2.50 bits per heavy atom. The van der Waals surface area contributed by atoms with E-state index >= 15 is 0 Å². The number of rotatable bonds is 3. The highest BCUT2D eigenvalue weighted by Gasteiger charge is 2.44. The number of carboxylic acids is 1. The molecule has 0 radical (unpaired) electrons. The summed E-state index contributed by atoms with van der Waals surface area (Å²) in [5.41, 5.74) is -1.36. The van der Waals surface area contributed by atoms with E-state index < -0.39 is 49.6 Å². The maximum absolute atomic E-state index is 13.2. The second-order valence-corrected chi connectivity index (χ2v) is 7.89. The number of hydrogen-bond donors (Lipinski definition) is 1. The van der Waals surface area contributed by atoms with Gasteiger partial charge >= 0.3 is 12.1 Å². The summed E-state index contributed by atoms with van der Waals surface area (Å²) in [4.78, 5) is 10.1. The van der Waals surface area contributed by atoms with Gasteiger partial charge in [0.15, 0.2) is 0 Å². The van der Waals surface area contributed by atoms with Gasteiger partial charge in [0.25, 0.3) is 0 Å². The molecule has 1 N–H and O–H groups in total. The van der Waals surface area contributed by atoms with Crippen LogP contribution in [0, 0.1) is 5.92 Å². The maximum Gasteiger partial charge on any atom is 0.417 e. The number of halogens is 4. The van der Waals surface area contributed by atoms with E-state index in [9.17, 15) is 26.4 Å². The van der Waals surface area contributed by atoms with Crippen molar-refractivity contribution in [3.8, 4) is 0 Å². The van der Waals surface area contributed by atoms with Gasteiger partial charge in [-0.25, -0.2) is 8.42 Å². The van der Waals surface area contributed by atoms with E-state index in [-0.39, 0.29) is 19.4 Å². The fourth-order valence-corrected chi connectivity index (χ4v) is 5.16.